The lowest BCUT2D eigenvalue weighted by Crippen LogP contribution is -2.26. The Morgan fingerprint density at radius 3 is 2.73 bits per heavy atom. The molecule has 0 aliphatic rings. The van der Waals surface area contributed by atoms with E-state index in [4.69, 9.17) is 22.3 Å². The molecule has 10 heteroatoms. The standard InChI is InChI=1S/C20H21N7O2S/c1-27-16(20(29)25-10-11-3-2-4-12(7-11)18(24)28)14(9-22)17-19(27)26-15(30-17)8-13(23)5-6-21/h2-7,9,21-22H,8,10,23H2,1H3,(H2,24,28)(H,25,29). The Balaban J connectivity index is 1.86. The van der Waals surface area contributed by atoms with E-state index < -0.39 is 5.91 Å². The second kappa shape index (κ2) is 8.70. The number of nitrogens with two attached hydrogens (primary N) is 2. The lowest BCUT2D eigenvalue weighted by molar-refractivity contribution is 0.0942. The number of nitrogens with zero attached hydrogens (tertiary/aromatic N) is 2. The van der Waals surface area contributed by atoms with Crippen LogP contribution in [0.4, 0.5) is 0 Å². The van der Waals surface area contributed by atoms with Crippen LogP contribution in [0.5, 0.6) is 0 Å². The normalized spacial score (nSPS) is 11.4. The minimum absolute atomic E-state index is 0.208. The van der Waals surface area contributed by atoms with Crippen molar-refractivity contribution in [2.45, 2.75) is 13.0 Å². The molecular weight excluding hydrogens is 402 g/mol. The number of aryl methyl sites for hydroxylation is 1. The van der Waals surface area contributed by atoms with Crippen LogP contribution in [0.2, 0.25) is 0 Å². The first-order chi connectivity index (χ1) is 14.3. The van der Waals surface area contributed by atoms with Crippen LogP contribution in [0.25, 0.3) is 10.3 Å². The van der Waals surface area contributed by atoms with Crippen LogP contribution in [0.3, 0.4) is 0 Å². The summed E-state index contributed by atoms with van der Waals surface area (Å²) in [6.45, 7) is 0.208. The molecule has 9 nitrogen and oxygen atoms in total. The van der Waals surface area contributed by atoms with Crippen LogP contribution in [-0.2, 0) is 20.0 Å². The SMILES string of the molecule is Cn1c(C(=O)NCc2cccc(C(N)=O)c2)c(C=N)c2sc(CC(N)=CC=N)nc21. The van der Waals surface area contributed by atoms with Crippen LogP contribution < -0.4 is 16.8 Å². The second-order valence-electron chi connectivity index (χ2n) is 6.56. The number of fused-ring (bicyclic) bond motifs is 1. The van der Waals surface area contributed by atoms with Crippen molar-refractivity contribution in [1.29, 1.82) is 10.8 Å². The highest BCUT2D eigenvalue weighted by Gasteiger charge is 2.23. The minimum atomic E-state index is -0.532. The molecule has 2 heterocycles. The summed E-state index contributed by atoms with van der Waals surface area (Å²) in [6, 6.07) is 6.73. The number of primary amides is 1. The zero-order valence-corrected chi connectivity index (χ0v) is 17.0. The Morgan fingerprint density at radius 2 is 2.07 bits per heavy atom. The van der Waals surface area contributed by atoms with E-state index in [1.54, 1.807) is 35.9 Å². The first-order valence-electron chi connectivity index (χ1n) is 8.96. The Morgan fingerprint density at radius 1 is 1.30 bits per heavy atom. The summed E-state index contributed by atoms with van der Waals surface area (Å²) < 4.78 is 2.38. The minimum Gasteiger partial charge on any atom is -0.402 e. The fourth-order valence-corrected chi connectivity index (χ4v) is 4.22. The van der Waals surface area contributed by atoms with Crippen molar-refractivity contribution in [3.63, 3.8) is 0 Å². The average Bonchev–Trinajstić information content (AvgIpc) is 3.23. The van der Waals surface area contributed by atoms with E-state index in [0.717, 1.165) is 27.7 Å². The number of carbonyl (C=O) groups is 2. The van der Waals surface area contributed by atoms with Gasteiger partial charge in [-0.05, 0) is 23.8 Å². The fraction of sp³-hybridized carbons (Fsp3) is 0.150. The van der Waals surface area contributed by atoms with Crippen molar-refractivity contribution >= 4 is 45.9 Å². The van der Waals surface area contributed by atoms with E-state index in [2.05, 4.69) is 10.3 Å². The third-order valence-corrected chi connectivity index (χ3v) is 5.56. The monoisotopic (exact) mass is 423 g/mol. The van der Waals surface area contributed by atoms with Crippen molar-refractivity contribution in [3.8, 4) is 0 Å². The van der Waals surface area contributed by atoms with Crippen molar-refractivity contribution in [3.05, 3.63) is 63.4 Å². The van der Waals surface area contributed by atoms with E-state index in [0.29, 0.717) is 34.6 Å². The summed E-state index contributed by atoms with van der Waals surface area (Å²) in [5.41, 5.74) is 14.2. The molecular formula is C20H21N7O2S. The Bertz CT molecular complexity index is 1190. The van der Waals surface area contributed by atoms with E-state index in [1.165, 1.54) is 17.4 Å². The number of aromatic nitrogens is 2. The highest BCUT2D eigenvalue weighted by molar-refractivity contribution is 7.19. The lowest BCUT2D eigenvalue weighted by atomic mass is 10.1. The van der Waals surface area contributed by atoms with Gasteiger partial charge >= 0.3 is 0 Å². The van der Waals surface area contributed by atoms with Gasteiger partial charge in [0.25, 0.3) is 5.91 Å². The molecule has 0 spiro atoms. The summed E-state index contributed by atoms with van der Waals surface area (Å²) in [5, 5.41) is 18.4. The van der Waals surface area contributed by atoms with Crippen LogP contribution in [0, 0.1) is 10.8 Å². The summed E-state index contributed by atoms with van der Waals surface area (Å²) >= 11 is 1.36. The van der Waals surface area contributed by atoms with E-state index in [9.17, 15) is 9.59 Å². The van der Waals surface area contributed by atoms with Crippen molar-refractivity contribution in [2.24, 2.45) is 18.5 Å². The Kier molecular flexibility index (Phi) is 6.07. The third-order valence-electron chi connectivity index (χ3n) is 4.48. The van der Waals surface area contributed by atoms with Gasteiger partial charge in [0.15, 0.2) is 5.65 Å². The number of benzene rings is 1. The van der Waals surface area contributed by atoms with Gasteiger partial charge in [0.1, 0.15) is 10.7 Å². The smallest absolute Gasteiger partial charge is 0.268 e. The Labute approximate surface area is 176 Å². The molecule has 0 fully saturated rings. The molecule has 0 aliphatic heterocycles. The van der Waals surface area contributed by atoms with Gasteiger partial charge in [0.2, 0.25) is 5.91 Å². The number of allylic oxidation sites excluding steroid dienone is 2. The average molecular weight is 424 g/mol. The van der Waals surface area contributed by atoms with Gasteiger partial charge in [-0.2, -0.15) is 0 Å². The molecule has 2 amide bonds. The molecule has 0 saturated heterocycles. The summed E-state index contributed by atoms with van der Waals surface area (Å²) in [5.74, 6) is -0.884. The van der Waals surface area contributed by atoms with Crippen LogP contribution in [0.15, 0.2) is 36.0 Å². The lowest BCUT2D eigenvalue weighted by Gasteiger charge is -2.08. The van der Waals surface area contributed by atoms with E-state index in [1.807, 2.05) is 0 Å². The molecule has 0 aliphatic carbocycles. The zero-order valence-electron chi connectivity index (χ0n) is 16.2. The maximum absolute atomic E-state index is 12.8. The molecule has 2 aromatic heterocycles. The second-order valence-corrected chi connectivity index (χ2v) is 7.64. The molecule has 0 unspecified atom stereocenters. The zero-order chi connectivity index (χ0) is 21.8. The van der Waals surface area contributed by atoms with Crippen molar-refractivity contribution in [1.82, 2.24) is 14.9 Å². The van der Waals surface area contributed by atoms with Crippen LogP contribution >= 0.6 is 11.3 Å². The van der Waals surface area contributed by atoms with E-state index >= 15 is 0 Å². The van der Waals surface area contributed by atoms with Gasteiger partial charge in [0, 0.05) is 49.3 Å². The number of nitrogens with one attached hydrogen (secondary N) is 3. The van der Waals surface area contributed by atoms with Gasteiger partial charge in [-0.1, -0.05) is 12.1 Å². The number of rotatable bonds is 8. The highest BCUT2D eigenvalue weighted by Crippen LogP contribution is 2.30. The molecule has 30 heavy (non-hydrogen) atoms. The van der Waals surface area contributed by atoms with Gasteiger partial charge < -0.3 is 32.2 Å². The van der Waals surface area contributed by atoms with Crippen molar-refractivity contribution < 1.29 is 9.59 Å². The first kappa shape index (κ1) is 20.9. The van der Waals surface area contributed by atoms with Crippen LogP contribution in [0.1, 0.15) is 37.0 Å². The first-order valence-corrected chi connectivity index (χ1v) is 9.78. The molecule has 7 N–H and O–H groups in total. The topological polar surface area (TPSA) is 164 Å². The summed E-state index contributed by atoms with van der Waals surface area (Å²) in [7, 11) is 1.72. The molecule has 1 aromatic carbocycles. The maximum Gasteiger partial charge on any atom is 0.268 e. The van der Waals surface area contributed by atoms with Gasteiger partial charge in [-0.15, -0.1) is 11.3 Å². The fourth-order valence-electron chi connectivity index (χ4n) is 3.08. The number of thiazole rings is 1. The Hall–Kier alpha value is -3.79. The molecule has 0 bridgehead atoms. The third kappa shape index (κ3) is 4.13. The quantitative estimate of drug-likeness (QED) is 0.348. The molecule has 154 valence electrons. The summed E-state index contributed by atoms with van der Waals surface area (Å²) in [4.78, 5) is 28.7. The molecule has 0 atom stereocenters. The summed E-state index contributed by atoms with van der Waals surface area (Å²) in [6.07, 6.45) is 4.15. The van der Waals surface area contributed by atoms with E-state index in [-0.39, 0.29) is 12.5 Å². The molecule has 0 saturated carbocycles. The number of carbonyl (C=O) groups excluding carboxylic acids is 2. The van der Waals surface area contributed by atoms with Gasteiger partial charge in [-0.25, -0.2) is 4.98 Å². The number of amides is 2. The van der Waals surface area contributed by atoms with Crippen molar-refractivity contribution in [2.75, 3.05) is 0 Å². The number of hydrogen-bond donors (Lipinski definition) is 5. The van der Waals surface area contributed by atoms with Gasteiger partial charge in [-0.3, -0.25) is 9.59 Å². The number of hydrogen-bond acceptors (Lipinski definition) is 7. The predicted octanol–water partition coefficient (Wildman–Crippen LogP) is 1.70. The van der Waals surface area contributed by atoms with Crippen LogP contribution in [-0.4, -0.2) is 33.8 Å². The largest absolute Gasteiger partial charge is 0.402 e. The highest BCUT2D eigenvalue weighted by atomic mass is 32.1. The maximum atomic E-state index is 12.8. The molecule has 3 rings (SSSR count). The van der Waals surface area contributed by atoms with Gasteiger partial charge in [0.05, 0.1) is 4.70 Å². The predicted molar refractivity (Wildman–Crippen MR) is 117 cm³/mol. The molecule has 0 radical (unpaired) electrons. The molecule has 3 aromatic rings.